The molecule has 0 bridgehead atoms. The van der Waals surface area contributed by atoms with Crippen LogP contribution in [0.15, 0.2) is 77.4 Å². The van der Waals surface area contributed by atoms with Gasteiger partial charge >= 0.3 is 11.9 Å². The van der Waals surface area contributed by atoms with E-state index in [0.717, 1.165) is 11.3 Å². The number of furan rings is 1. The summed E-state index contributed by atoms with van der Waals surface area (Å²) in [6.45, 7) is 3.05. The first-order valence-corrected chi connectivity index (χ1v) is 11.9. The van der Waals surface area contributed by atoms with Crippen molar-refractivity contribution in [1.82, 2.24) is 0 Å². The van der Waals surface area contributed by atoms with Gasteiger partial charge in [0.15, 0.2) is 11.2 Å². The van der Waals surface area contributed by atoms with Gasteiger partial charge in [-0.25, -0.2) is 0 Å². The fourth-order valence-corrected chi connectivity index (χ4v) is 5.42. The summed E-state index contributed by atoms with van der Waals surface area (Å²) >= 11 is 0. The van der Waals surface area contributed by atoms with E-state index in [1.54, 1.807) is 37.3 Å². The molecule has 2 aliphatic heterocycles. The molecule has 3 aromatic rings. The molecular weight excluding hydrogens is 472 g/mol. The highest BCUT2D eigenvalue weighted by Gasteiger charge is 2.68. The van der Waals surface area contributed by atoms with E-state index < -0.39 is 35.4 Å². The average Bonchev–Trinajstić information content (AvgIpc) is 3.53. The van der Waals surface area contributed by atoms with Gasteiger partial charge in [0.05, 0.1) is 30.9 Å². The van der Waals surface area contributed by atoms with Gasteiger partial charge in [0.25, 0.3) is 0 Å². The minimum atomic E-state index is -1.75. The quantitative estimate of drug-likeness (QED) is 0.278. The average molecular weight is 497 g/mol. The molecule has 0 N–H and O–H groups in total. The molecule has 0 unspecified atom stereocenters. The van der Waals surface area contributed by atoms with Crippen LogP contribution in [0.1, 0.15) is 41.4 Å². The summed E-state index contributed by atoms with van der Waals surface area (Å²) in [6.07, 6.45) is 5.11. The number of esters is 2. The molecule has 1 fully saturated rings. The van der Waals surface area contributed by atoms with Crippen molar-refractivity contribution in [2.45, 2.75) is 31.8 Å². The zero-order chi connectivity index (χ0) is 26.2. The van der Waals surface area contributed by atoms with Crippen molar-refractivity contribution in [3.8, 4) is 11.8 Å². The predicted octanol–water partition coefficient (Wildman–Crippen LogP) is 4.53. The molecule has 1 saturated heterocycles. The van der Waals surface area contributed by atoms with Crippen LogP contribution in [-0.2, 0) is 14.3 Å². The maximum Gasteiger partial charge on any atom is 0.329 e. The summed E-state index contributed by atoms with van der Waals surface area (Å²) in [5.41, 5.74) is 0.164. The number of ketones is 1. The standard InChI is InChI=1S/C29H24N2O6/c1-3-35-28(34)29(17-30)24-15-12-19-7-4-5-8-22(19)31(24)26(25(29)23-9-6-16-36-23)27(33)20-10-13-21(14-11-20)37-18(2)32/h4-16,24-26H,3H2,1-2H3/t24-,25-,26-,29+/m0/s1. The first-order valence-electron chi connectivity index (χ1n) is 11.9. The highest BCUT2D eigenvalue weighted by atomic mass is 16.5. The molecule has 8 nitrogen and oxygen atoms in total. The first-order chi connectivity index (χ1) is 17.9. The van der Waals surface area contributed by atoms with Gasteiger partial charge in [0.2, 0.25) is 0 Å². The number of hydrogen-bond acceptors (Lipinski definition) is 8. The van der Waals surface area contributed by atoms with E-state index in [-0.39, 0.29) is 12.4 Å². The second-order valence-electron chi connectivity index (χ2n) is 8.89. The second kappa shape index (κ2) is 9.43. The smallest absolute Gasteiger partial charge is 0.329 e. The molecule has 0 aliphatic carbocycles. The lowest BCUT2D eigenvalue weighted by Gasteiger charge is -2.36. The van der Waals surface area contributed by atoms with Gasteiger partial charge < -0.3 is 18.8 Å². The van der Waals surface area contributed by atoms with Crippen molar-refractivity contribution in [3.63, 3.8) is 0 Å². The third-order valence-corrected chi connectivity index (χ3v) is 6.86. The van der Waals surface area contributed by atoms with E-state index in [1.807, 2.05) is 35.2 Å². The van der Waals surface area contributed by atoms with Gasteiger partial charge in [-0.3, -0.25) is 14.4 Å². The lowest BCUT2D eigenvalue weighted by atomic mass is 9.70. The number of nitriles is 1. The van der Waals surface area contributed by atoms with Gasteiger partial charge in [-0.1, -0.05) is 30.4 Å². The van der Waals surface area contributed by atoms with Crippen LogP contribution in [-0.4, -0.2) is 36.4 Å². The van der Waals surface area contributed by atoms with Gasteiger partial charge in [0.1, 0.15) is 17.6 Å². The van der Waals surface area contributed by atoms with Crippen LogP contribution in [0.2, 0.25) is 0 Å². The Labute approximate surface area is 213 Å². The lowest BCUT2D eigenvalue weighted by Crippen LogP contribution is -2.47. The molecule has 4 atom stereocenters. The van der Waals surface area contributed by atoms with Crippen LogP contribution in [0, 0.1) is 16.7 Å². The Balaban J connectivity index is 1.71. The second-order valence-corrected chi connectivity index (χ2v) is 8.89. The minimum absolute atomic E-state index is 0.0797. The topological polar surface area (TPSA) is 110 Å². The number of fused-ring (bicyclic) bond motifs is 3. The molecule has 2 aliphatic rings. The highest BCUT2D eigenvalue weighted by Crippen LogP contribution is 2.56. The van der Waals surface area contributed by atoms with E-state index in [4.69, 9.17) is 13.9 Å². The van der Waals surface area contributed by atoms with Crippen molar-refractivity contribution in [3.05, 3.63) is 89.9 Å². The fraction of sp³-hybridized carbons (Fsp3) is 0.241. The summed E-state index contributed by atoms with van der Waals surface area (Å²) in [7, 11) is 0. The van der Waals surface area contributed by atoms with Gasteiger partial charge in [-0.15, -0.1) is 0 Å². The maximum atomic E-state index is 14.3. The molecule has 0 saturated carbocycles. The number of hydrogen-bond donors (Lipinski definition) is 0. The van der Waals surface area contributed by atoms with Crippen LogP contribution in [0.4, 0.5) is 5.69 Å². The summed E-state index contributed by atoms with van der Waals surface area (Å²) in [6, 6.07) is 17.6. The Morgan fingerprint density at radius 1 is 1.08 bits per heavy atom. The molecular formula is C29H24N2O6. The zero-order valence-electron chi connectivity index (χ0n) is 20.3. The SMILES string of the molecule is CCOC(=O)[C@]1(C#N)[C@@H]2C=Cc3ccccc3N2[C@H](C(=O)c2ccc(OC(C)=O)cc2)[C@@H]1c1ccco1. The normalized spacial score (nSPS) is 23.5. The van der Waals surface area contributed by atoms with Gasteiger partial charge in [0, 0.05) is 18.2 Å². The molecule has 3 heterocycles. The number of para-hydroxylation sites is 1. The van der Waals surface area contributed by atoms with Crippen LogP contribution in [0.25, 0.3) is 6.08 Å². The zero-order valence-corrected chi connectivity index (χ0v) is 20.3. The number of carbonyl (C=O) groups excluding carboxylic acids is 3. The van der Waals surface area contributed by atoms with E-state index in [2.05, 4.69) is 6.07 Å². The Bertz CT molecular complexity index is 1420. The Morgan fingerprint density at radius 2 is 1.84 bits per heavy atom. The number of ether oxygens (including phenoxy) is 2. The molecule has 37 heavy (non-hydrogen) atoms. The van der Waals surface area contributed by atoms with Crippen LogP contribution < -0.4 is 9.64 Å². The molecule has 1 aromatic heterocycles. The van der Waals surface area contributed by atoms with E-state index in [1.165, 1.54) is 25.3 Å². The molecule has 0 amide bonds. The number of nitrogens with zero attached hydrogens (tertiary/aromatic N) is 2. The Morgan fingerprint density at radius 3 is 2.49 bits per heavy atom. The van der Waals surface area contributed by atoms with Crippen molar-refractivity contribution < 1.29 is 28.3 Å². The van der Waals surface area contributed by atoms with Crippen LogP contribution in [0.5, 0.6) is 5.75 Å². The summed E-state index contributed by atoms with van der Waals surface area (Å²) in [5.74, 6) is -1.82. The number of anilines is 1. The first kappa shape index (κ1) is 24.1. The lowest BCUT2D eigenvalue weighted by molar-refractivity contribution is -0.152. The summed E-state index contributed by atoms with van der Waals surface area (Å²) in [5, 5.41) is 10.6. The van der Waals surface area contributed by atoms with Crippen molar-refractivity contribution in [2.24, 2.45) is 5.41 Å². The minimum Gasteiger partial charge on any atom is -0.469 e. The third-order valence-electron chi connectivity index (χ3n) is 6.86. The number of benzene rings is 2. The van der Waals surface area contributed by atoms with Crippen molar-refractivity contribution in [1.29, 1.82) is 5.26 Å². The number of Topliss-reactive ketones (excluding diaryl/α,β-unsaturated/α-hetero) is 1. The maximum absolute atomic E-state index is 14.3. The Hall–Kier alpha value is -4.64. The van der Waals surface area contributed by atoms with Crippen LogP contribution in [0.3, 0.4) is 0 Å². The predicted molar refractivity (Wildman–Crippen MR) is 134 cm³/mol. The largest absolute Gasteiger partial charge is 0.469 e. The third kappa shape index (κ3) is 3.80. The molecule has 0 radical (unpaired) electrons. The van der Waals surface area contributed by atoms with E-state index >= 15 is 0 Å². The van der Waals surface area contributed by atoms with Crippen molar-refractivity contribution in [2.75, 3.05) is 11.5 Å². The van der Waals surface area contributed by atoms with Gasteiger partial charge in [-0.05, 0) is 55.0 Å². The van der Waals surface area contributed by atoms with Gasteiger partial charge in [-0.2, -0.15) is 5.26 Å². The van der Waals surface area contributed by atoms with Crippen LogP contribution >= 0.6 is 0 Å². The van der Waals surface area contributed by atoms with E-state index in [0.29, 0.717) is 17.1 Å². The molecule has 0 spiro atoms. The summed E-state index contributed by atoms with van der Waals surface area (Å²) < 4.78 is 16.3. The number of carbonyl (C=O) groups is 3. The summed E-state index contributed by atoms with van der Waals surface area (Å²) in [4.78, 5) is 41.0. The number of rotatable bonds is 6. The highest BCUT2D eigenvalue weighted by molar-refractivity contribution is 6.06. The Kier molecular flexibility index (Phi) is 6.14. The molecule has 5 rings (SSSR count). The van der Waals surface area contributed by atoms with E-state index in [9.17, 15) is 19.6 Å². The monoisotopic (exact) mass is 496 g/mol. The molecule has 2 aromatic carbocycles. The molecule has 186 valence electrons. The molecule has 8 heteroatoms. The fourth-order valence-electron chi connectivity index (χ4n) is 5.42. The van der Waals surface area contributed by atoms with Crippen molar-refractivity contribution >= 4 is 29.5 Å².